The van der Waals surface area contributed by atoms with Gasteiger partial charge in [0.25, 0.3) is 0 Å². The van der Waals surface area contributed by atoms with E-state index in [-0.39, 0.29) is 5.48 Å². The van der Waals surface area contributed by atoms with E-state index in [1.165, 1.54) is 140 Å². The van der Waals surface area contributed by atoms with E-state index in [2.05, 4.69) is 75.5 Å². The Morgan fingerprint density at radius 1 is 0.425 bits per heavy atom. The van der Waals surface area contributed by atoms with Gasteiger partial charge in [0.2, 0.25) is 0 Å². The molecule has 0 aliphatic heterocycles. The Balaban J connectivity index is 0.00000495. The predicted octanol–water partition coefficient (Wildman–Crippen LogP) is 12.4. The van der Waals surface area contributed by atoms with E-state index in [4.69, 9.17) is 4.74 Å². The van der Waals surface area contributed by atoms with Gasteiger partial charge >= 0.3 is 0 Å². The van der Waals surface area contributed by atoms with E-state index in [0.717, 1.165) is 24.3 Å². The van der Waals surface area contributed by atoms with Crippen LogP contribution in [0.5, 0.6) is 11.5 Å². The molecule has 0 amide bonds. The number of para-hydroxylation sites is 2. The molecule has 0 saturated heterocycles. The number of hydrogen-bond donors (Lipinski definition) is 0. The second-order valence-electron chi connectivity index (χ2n) is 11.2. The third-order valence-corrected chi connectivity index (χ3v) is 7.76. The standard InChI is InChI=1S/C36H58O.C2H4.H2O/c1-3-5-7-9-11-13-15-17-19-21-27-33-29-23-25-31-35(33)37-36-32-26-24-30-34(36)28-22-20-18-16-14-12-10-8-6-4-2;1-2;/h23-26,29-32H,3-22,27-28H2,1-2H3;1-2H2;1H2. The van der Waals surface area contributed by atoms with Crippen molar-refractivity contribution in [3.63, 3.8) is 0 Å². The zero-order valence-corrected chi connectivity index (χ0v) is 26.5. The molecule has 0 heterocycles. The van der Waals surface area contributed by atoms with Crippen molar-refractivity contribution in [2.24, 2.45) is 0 Å². The fourth-order valence-electron chi connectivity index (χ4n) is 5.34. The Hall–Kier alpha value is -2.06. The Bertz CT molecular complexity index is 734. The first-order valence-electron chi connectivity index (χ1n) is 16.7. The number of ether oxygens (including phenoxy) is 1. The van der Waals surface area contributed by atoms with Gasteiger partial charge in [0.05, 0.1) is 0 Å². The highest BCUT2D eigenvalue weighted by Crippen LogP contribution is 2.30. The van der Waals surface area contributed by atoms with E-state index >= 15 is 0 Å². The van der Waals surface area contributed by atoms with Gasteiger partial charge in [-0.25, -0.2) is 0 Å². The molecule has 0 atom stereocenters. The Morgan fingerprint density at radius 3 is 1.02 bits per heavy atom. The molecule has 40 heavy (non-hydrogen) atoms. The summed E-state index contributed by atoms with van der Waals surface area (Å²) < 4.78 is 6.53. The summed E-state index contributed by atoms with van der Waals surface area (Å²) in [7, 11) is 0. The van der Waals surface area contributed by atoms with Gasteiger partial charge in [-0.2, -0.15) is 0 Å². The highest BCUT2D eigenvalue weighted by Gasteiger charge is 2.08. The van der Waals surface area contributed by atoms with E-state index in [0.29, 0.717) is 0 Å². The maximum absolute atomic E-state index is 6.53. The molecule has 0 bridgehead atoms. The van der Waals surface area contributed by atoms with Crippen LogP contribution in [0.15, 0.2) is 61.7 Å². The minimum absolute atomic E-state index is 0. The minimum Gasteiger partial charge on any atom is -0.457 e. The maximum atomic E-state index is 6.53. The summed E-state index contributed by atoms with van der Waals surface area (Å²) >= 11 is 0. The summed E-state index contributed by atoms with van der Waals surface area (Å²) in [4.78, 5) is 0. The summed E-state index contributed by atoms with van der Waals surface area (Å²) in [6.45, 7) is 10.6. The smallest absolute Gasteiger partial charge is 0.130 e. The average Bonchev–Trinajstić information content (AvgIpc) is 2.97. The highest BCUT2D eigenvalue weighted by molar-refractivity contribution is 5.41. The van der Waals surface area contributed by atoms with Crippen molar-refractivity contribution in [1.82, 2.24) is 0 Å². The highest BCUT2D eigenvalue weighted by atomic mass is 16.5. The van der Waals surface area contributed by atoms with Crippen LogP contribution in [0.2, 0.25) is 0 Å². The van der Waals surface area contributed by atoms with Gasteiger partial charge in [-0.15, -0.1) is 13.2 Å². The predicted molar refractivity (Wildman–Crippen MR) is 179 cm³/mol. The van der Waals surface area contributed by atoms with Gasteiger partial charge in [-0.3, -0.25) is 0 Å². The molecule has 2 N–H and O–H groups in total. The zero-order valence-electron chi connectivity index (χ0n) is 26.5. The fraction of sp³-hybridized carbons (Fsp3) is 0.632. The molecule has 2 nitrogen and oxygen atoms in total. The van der Waals surface area contributed by atoms with Crippen molar-refractivity contribution in [1.29, 1.82) is 0 Å². The molecule has 2 aromatic rings. The number of unbranched alkanes of at least 4 members (excludes halogenated alkanes) is 18. The summed E-state index contributed by atoms with van der Waals surface area (Å²) in [5, 5.41) is 0. The Labute approximate surface area is 249 Å². The molecule has 2 heteroatoms. The van der Waals surface area contributed by atoms with Gasteiger partial charge in [0, 0.05) is 0 Å². The quantitative estimate of drug-likeness (QED) is 0.0942. The summed E-state index contributed by atoms with van der Waals surface area (Å²) in [5.41, 5.74) is 2.71. The molecule has 0 fully saturated rings. The van der Waals surface area contributed by atoms with Crippen molar-refractivity contribution in [3.05, 3.63) is 72.8 Å². The van der Waals surface area contributed by atoms with E-state index < -0.39 is 0 Å². The lowest BCUT2D eigenvalue weighted by Gasteiger charge is -2.14. The summed E-state index contributed by atoms with van der Waals surface area (Å²) in [6.07, 6.45) is 29.9. The summed E-state index contributed by atoms with van der Waals surface area (Å²) in [6, 6.07) is 17.4. The van der Waals surface area contributed by atoms with Crippen LogP contribution < -0.4 is 4.74 Å². The molecular formula is C38H64O2. The topological polar surface area (TPSA) is 40.7 Å². The van der Waals surface area contributed by atoms with Crippen LogP contribution in [0.4, 0.5) is 0 Å². The monoisotopic (exact) mass is 552 g/mol. The maximum Gasteiger partial charge on any atom is 0.130 e. The van der Waals surface area contributed by atoms with Gasteiger partial charge in [0.1, 0.15) is 11.5 Å². The van der Waals surface area contributed by atoms with Gasteiger partial charge in [-0.1, -0.05) is 166 Å². The number of rotatable bonds is 24. The number of hydrogen-bond acceptors (Lipinski definition) is 1. The molecule has 2 aromatic carbocycles. The van der Waals surface area contributed by atoms with Gasteiger partial charge in [-0.05, 0) is 48.9 Å². The van der Waals surface area contributed by atoms with Crippen molar-refractivity contribution in [2.75, 3.05) is 0 Å². The second-order valence-corrected chi connectivity index (χ2v) is 11.2. The third-order valence-electron chi connectivity index (χ3n) is 7.76. The molecule has 0 aromatic heterocycles. The van der Waals surface area contributed by atoms with Gasteiger partial charge in [0.15, 0.2) is 0 Å². The molecule has 0 spiro atoms. The first-order valence-corrected chi connectivity index (χ1v) is 16.7. The molecule has 0 radical (unpaired) electrons. The third kappa shape index (κ3) is 19.1. The zero-order chi connectivity index (χ0) is 28.2. The van der Waals surface area contributed by atoms with E-state index in [1.807, 2.05) is 0 Å². The lowest BCUT2D eigenvalue weighted by Crippen LogP contribution is -1.96. The van der Waals surface area contributed by atoms with Crippen molar-refractivity contribution in [3.8, 4) is 11.5 Å². The van der Waals surface area contributed by atoms with Crippen LogP contribution in [0, 0.1) is 0 Å². The largest absolute Gasteiger partial charge is 0.457 e. The van der Waals surface area contributed by atoms with Crippen LogP contribution in [0.3, 0.4) is 0 Å². The molecule has 0 unspecified atom stereocenters. The molecule has 2 rings (SSSR count). The van der Waals surface area contributed by atoms with E-state index in [9.17, 15) is 0 Å². The van der Waals surface area contributed by atoms with Crippen LogP contribution in [0.25, 0.3) is 0 Å². The molecule has 0 aliphatic rings. The number of benzene rings is 2. The Morgan fingerprint density at radius 2 is 0.700 bits per heavy atom. The minimum atomic E-state index is 0. The fourth-order valence-corrected chi connectivity index (χ4v) is 5.34. The van der Waals surface area contributed by atoms with E-state index in [1.54, 1.807) is 0 Å². The van der Waals surface area contributed by atoms with Crippen LogP contribution in [0.1, 0.15) is 153 Å². The average molecular weight is 553 g/mol. The second kappa shape index (κ2) is 28.5. The van der Waals surface area contributed by atoms with Crippen LogP contribution in [-0.4, -0.2) is 5.48 Å². The Kier molecular flexibility index (Phi) is 27.0. The normalized spacial score (nSPS) is 10.4. The summed E-state index contributed by atoms with van der Waals surface area (Å²) in [5.74, 6) is 2.10. The molecule has 0 aliphatic carbocycles. The lowest BCUT2D eigenvalue weighted by atomic mass is 10.0. The number of aryl methyl sites for hydroxylation is 2. The van der Waals surface area contributed by atoms with Gasteiger partial charge < -0.3 is 10.2 Å². The SMILES string of the molecule is C=C.CCCCCCCCCCCCc1ccccc1Oc1ccccc1CCCCCCCCCCCC.O. The first kappa shape index (κ1) is 37.9. The van der Waals surface area contributed by atoms with Crippen molar-refractivity contribution in [2.45, 2.75) is 155 Å². The molecular weight excluding hydrogens is 488 g/mol. The van der Waals surface area contributed by atoms with Crippen molar-refractivity contribution >= 4 is 0 Å². The molecule has 228 valence electrons. The van der Waals surface area contributed by atoms with Crippen molar-refractivity contribution < 1.29 is 10.2 Å². The lowest BCUT2D eigenvalue weighted by molar-refractivity contribution is 0.466. The first-order chi connectivity index (χ1) is 19.3. The van der Waals surface area contributed by atoms with Crippen LogP contribution >= 0.6 is 0 Å². The molecule has 0 saturated carbocycles. The van der Waals surface area contributed by atoms with Crippen LogP contribution in [-0.2, 0) is 12.8 Å².